The predicted octanol–water partition coefficient (Wildman–Crippen LogP) is 3.60. The molecule has 2 rings (SSSR count). The van der Waals surface area contributed by atoms with E-state index in [1.54, 1.807) is 42.5 Å². The van der Waals surface area contributed by atoms with Gasteiger partial charge in [0.15, 0.2) is 0 Å². The van der Waals surface area contributed by atoms with Crippen molar-refractivity contribution in [3.63, 3.8) is 0 Å². The van der Waals surface area contributed by atoms with Crippen LogP contribution < -0.4 is 10.1 Å². The molecule has 0 saturated heterocycles. The van der Waals surface area contributed by atoms with E-state index in [4.69, 9.17) is 4.74 Å². The van der Waals surface area contributed by atoms with Crippen molar-refractivity contribution in [2.45, 2.75) is 18.6 Å². The molecule has 2 aromatic rings. The van der Waals surface area contributed by atoms with Gasteiger partial charge in [0.05, 0.1) is 7.11 Å². The van der Waals surface area contributed by atoms with Gasteiger partial charge >= 0.3 is 6.18 Å². The number of nitrogens with one attached hydrogen (secondary N) is 1. The smallest absolute Gasteiger partial charge is 0.408 e. The number of carbonyl (C=O) groups is 1. The van der Waals surface area contributed by atoms with Gasteiger partial charge in [0, 0.05) is 12.0 Å². The maximum Gasteiger partial charge on any atom is 0.408 e. The molecule has 0 saturated carbocycles. The Morgan fingerprint density at radius 3 is 2.22 bits per heavy atom. The highest BCUT2D eigenvalue weighted by Crippen LogP contribution is 2.24. The van der Waals surface area contributed by atoms with E-state index < -0.39 is 18.1 Å². The van der Waals surface area contributed by atoms with Gasteiger partial charge in [-0.1, -0.05) is 30.3 Å². The van der Waals surface area contributed by atoms with E-state index in [1.165, 1.54) is 19.2 Å². The number of carbonyl (C=O) groups excluding carboxylic acids is 1. The van der Waals surface area contributed by atoms with Crippen molar-refractivity contribution in [3.8, 4) is 5.75 Å². The second-order valence-corrected chi connectivity index (χ2v) is 4.99. The highest BCUT2D eigenvalue weighted by atomic mass is 19.4. The van der Waals surface area contributed by atoms with E-state index in [1.807, 2.05) is 0 Å². The number of rotatable bonds is 5. The number of hydrogen-bond acceptors (Lipinski definition) is 2. The van der Waals surface area contributed by atoms with Crippen LogP contribution in [0.5, 0.6) is 5.75 Å². The van der Waals surface area contributed by atoms with Gasteiger partial charge in [-0.3, -0.25) is 4.79 Å². The molecular weight excluding hydrogens is 307 g/mol. The average Bonchev–Trinajstić information content (AvgIpc) is 2.54. The minimum atomic E-state index is -4.54. The molecule has 23 heavy (non-hydrogen) atoms. The largest absolute Gasteiger partial charge is 0.497 e. The molecule has 2 aromatic carbocycles. The Morgan fingerprint density at radius 2 is 1.70 bits per heavy atom. The highest BCUT2D eigenvalue weighted by Gasteiger charge is 2.40. The third-order valence-electron chi connectivity index (χ3n) is 3.34. The van der Waals surface area contributed by atoms with E-state index in [2.05, 4.69) is 5.32 Å². The standard InChI is InChI=1S/C17H16F3NO2/c1-23-14-9-7-12(8-10-14)11-15(17(18,19)20)21-16(22)13-5-3-2-4-6-13/h2-10,15H,11H2,1H3,(H,21,22)/t15-/m1/s1. The van der Waals surface area contributed by atoms with Crippen molar-refractivity contribution in [2.24, 2.45) is 0 Å². The lowest BCUT2D eigenvalue weighted by Gasteiger charge is -2.22. The monoisotopic (exact) mass is 323 g/mol. The van der Waals surface area contributed by atoms with Crippen molar-refractivity contribution < 1.29 is 22.7 Å². The summed E-state index contributed by atoms with van der Waals surface area (Å²) in [5, 5.41) is 2.06. The van der Waals surface area contributed by atoms with Crippen molar-refractivity contribution in [1.82, 2.24) is 5.32 Å². The second-order valence-electron chi connectivity index (χ2n) is 4.99. The summed E-state index contributed by atoms with van der Waals surface area (Å²) in [5.74, 6) is -0.188. The molecule has 0 aliphatic carbocycles. The average molecular weight is 323 g/mol. The first-order valence-corrected chi connectivity index (χ1v) is 6.95. The van der Waals surface area contributed by atoms with Crippen LogP contribution in [0.15, 0.2) is 54.6 Å². The van der Waals surface area contributed by atoms with Crippen LogP contribution in [0, 0.1) is 0 Å². The van der Waals surface area contributed by atoms with Gasteiger partial charge < -0.3 is 10.1 Å². The molecule has 6 heteroatoms. The van der Waals surface area contributed by atoms with E-state index >= 15 is 0 Å². The van der Waals surface area contributed by atoms with Gasteiger partial charge in [-0.15, -0.1) is 0 Å². The minimum Gasteiger partial charge on any atom is -0.497 e. The van der Waals surface area contributed by atoms with Crippen molar-refractivity contribution >= 4 is 5.91 Å². The van der Waals surface area contributed by atoms with E-state index in [-0.39, 0.29) is 12.0 Å². The maximum absolute atomic E-state index is 13.2. The van der Waals surface area contributed by atoms with E-state index in [0.29, 0.717) is 11.3 Å². The first-order valence-electron chi connectivity index (χ1n) is 6.95. The molecule has 0 fully saturated rings. The number of alkyl halides is 3. The van der Waals surface area contributed by atoms with Crippen LogP contribution in [-0.2, 0) is 6.42 Å². The van der Waals surface area contributed by atoms with Crippen molar-refractivity contribution in [1.29, 1.82) is 0 Å². The van der Waals surface area contributed by atoms with Crippen LogP contribution in [0.3, 0.4) is 0 Å². The Hall–Kier alpha value is -2.50. The Kier molecular flexibility index (Phi) is 5.26. The van der Waals surface area contributed by atoms with Crippen LogP contribution in [0.4, 0.5) is 13.2 Å². The molecule has 1 amide bonds. The SMILES string of the molecule is COc1ccc(C[C@@H](NC(=O)c2ccccc2)C(F)(F)F)cc1. The lowest BCUT2D eigenvalue weighted by molar-refractivity contribution is -0.153. The lowest BCUT2D eigenvalue weighted by atomic mass is 10.0. The summed E-state index contributed by atoms with van der Waals surface area (Å²) in [4.78, 5) is 12.0. The number of benzene rings is 2. The Balaban J connectivity index is 2.12. The Bertz CT molecular complexity index is 639. The molecule has 3 nitrogen and oxygen atoms in total. The fourth-order valence-corrected chi connectivity index (χ4v) is 2.08. The zero-order chi connectivity index (χ0) is 16.9. The zero-order valence-electron chi connectivity index (χ0n) is 12.4. The van der Waals surface area contributed by atoms with Crippen molar-refractivity contribution in [3.05, 3.63) is 65.7 Å². The van der Waals surface area contributed by atoms with E-state index in [9.17, 15) is 18.0 Å². The fraction of sp³-hybridized carbons (Fsp3) is 0.235. The van der Waals surface area contributed by atoms with Crippen molar-refractivity contribution in [2.75, 3.05) is 7.11 Å². The number of hydrogen-bond donors (Lipinski definition) is 1. The normalized spacial score (nSPS) is 12.5. The quantitative estimate of drug-likeness (QED) is 0.913. The molecule has 0 aliphatic heterocycles. The lowest BCUT2D eigenvalue weighted by Crippen LogP contribution is -2.46. The van der Waals surface area contributed by atoms with Gasteiger partial charge in [0.1, 0.15) is 11.8 Å². The van der Waals surface area contributed by atoms with Crippen LogP contribution in [0.2, 0.25) is 0 Å². The third-order valence-corrected chi connectivity index (χ3v) is 3.34. The predicted molar refractivity (Wildman–Crippen MR) is 80.4 cm³/mol. The highest BCUT2D eigenvalue weighted by molar-refractivity contribution is 5.94. The molecule has 122 valence electrons. The molecule has 1 N–H and O–H groups in total. The first kappa shape index (κ1) is 16.9. The van der Waals surface area contributed by atoms with E-state index in [0.717, 1.165) is 0 Å². The van der Waals surface area contributed by atoms with Gasteiger partial charge in [-0.05, 0) is 29.8 Å². The van der Waals surface area contributed by atoms with Gasteiger partial charge in [0.25, 0.3) is 5.91 Å². The summed E-state index contributed by atoms with van der Waals surface area (Å²) in [6.45, 7) is 0. The van der Waals surface area contributed by atoms with Gasteiger partial charge in [-0.2, -0.15) is 13.2 Å². The Morgan fingerprint density at radius 1 is 1.09 bits per heavy atom. The molecule has 0 aromatic heterocycles. The molecule has 0 unspecified atom stereocenters. The molecule has 0 bridgehead atoms. The minimum absolute atomic E-state index is 0.191. The molecular formula is C17H16F3NO2. The molecule has 0 radical (unpaired) electrons. The van der Waals surface area contributed by atoms with Crippen LogP contribution in [0.1, 0.15) is 15.9 Å². The topological polar surface area (TPSA) is 38.3 Å². The summed E-state index contributed by atoms with van der Waals surface area (Å²) >= 11 is 0. The fourth-order valence-electron chi connectivity index (χ4n) is 2.08. The van der Waals surface area contributed by atoms with Crippen LogP contribution in [0.25, 0.3) is 0 Å². The zero-order valence-corrected chi connectivity index (χ0v) is 12.4. The summed E-state index contributed by atoms with van der Waals surface area (Å²) in [6, 6.07) is 12.1. The van der Waals surface area contributed by atoms with Crippen LogP contribution in [-0.4, -0.2) is 25.2 Å². The summed E-state index contributed by atoms with van der Waals surface area (Å²) in [7, 11) is 1.48. The molecule has 0 heterocycles. The third kappa shape index (κ3) is 4.74. The summed E-state index contributed by atoms with van der Waals surface area (Å²) in [5.41, 5.74) is 0.651. The maximum atomic E-state index is 13.2. The number of halogens is 3. The number of ether oxygens (including phenoxy) is 1. The summed E-state index contributed by atoms with van der Waals surface area (Å²) < 4.78 is 44.5. The number of methoxy groups -OCH3 is 1. The van der Waals surface area contributed by atoms with Crippen LogP contribution >= 0.6 is 0 Å². The molecule has 1 atom stereocenters. The Labute approximate surface area is 132 Å². The summed E-state index contributed by atoms with van der Waals surface area (Å²) in [6.07, 6.45) is -4.88. The number of amides is 1. The molecule has 0 spiro atoms. The van der Waals surface area contributed by atoms with Gasteiger partial charge in [0.2, 0.25) is 0 Å². The second kappa shape index (κ2) is 7.17. The molecule has 0 aliphatic rings. The first-order chi connectivity index (χ1) is 10.9. The van der Waals surface area contributed by atoms with Gasteiger partial charge in [-0.25, -0.2) is 0 Å².